The molecule has 1 unspecified atom stereocenters. The second-order valence-electron chi connectivity index (χ2n) is 4.66. The lowest BCUT2D eigenvalue weighted by Gasteiger charge is -2.19. The maximum Gasteiger partial charge on any atom is 0.0805 e. The van der Waals surface area contributed by atoms with Gasteiger partial charge in [0.05, 0.1) is 27.3 Å². The molecule has 1 aromatic carbocycles. The van der Waals surface area contributed by atoms with Gasteiger partial charge in [-0.25, -0.2) is 0 Å². The van der Waals surface area contributed by atoms with E-state index in [1.54, 1.807) is 18.5 Å². The molecule has 2 heterocycles. The average Bonchev–Trinajstić information content (AvgIpc) is 2.50. The number of aromatic nitrogens is 2. The van der Waals surface area contributed by atoms with Gasteiger partial charge in [-0.05, 0) is 30.8 Å². The summed E-state index contributed by atoms with van der Waals surface area (Å²) in [5, 5.41) is 5.42. The zero-order valence-electron chi connectivity index (χ0n) is 11.3. The zero-order chi connectivity index (χ0) is 14.8. The van der Waals surface area contributed by atoms with E-state index in [1.807, 2.05) is 31.3 Å². The summed E-state index contributed by atoms with van der Waals surface area (Å²) >= 11 is 12.2. The molecule has 1 N–H and O–H groups in total. The third-order valence-corrected chi connectivity index (χ3v) is 3.90. The highest BCUT2D eigenvalue weighted by Gasteiger charge is 2.19. The molecule has 106 valence electrons. The molecule has 3 rings (SSSR count). The number of nitrogens with one attached hydrogen (secondary N) is 1. The SMILES string of the molecule is CNC(c1ncc(Cl)cc1Cl)c1cccc2ncccc12. The average molecular weight is 318 g/mol. The number of hydrogen-bond donors (Lipinski definition) is 1. The summed E-state index contributed by atoms with van der Waals surface area (Å²) in [6, 6.07) is 11.6. The molecule has 0 amide bonds. The highest BCUT2D eigenvalue weighted by atomic mass is 35.5. The Hall–Kier alpha value is -1.68. The lowest BCUT2D eigenvalue weighted by Crippen LogP contribution is -2.19. The third-order valence-electron chi connectivity index (χ3n) is 3.39. The van der Waals surface area contributed by atoms with Crippen LogP contribution in [0, 0.1) is 0 Å². The quantitative estimate of drug-likeness (QED) is 0.785. The van der Waals surface area contributed by atoms with Crippen LogP contribution >= 0.6 is 23.2 Å². The Balaban J connectivity index is 2.18. The van der Waals surface area contributed by atoms with Crippen molar-refractivity contribution in [1.29, 1.82) is 0 Å². The molecule has 2 aromatic heterocycles. The number of benzene rings is 1. The summed E-state index contributed by atoms with van der Waals surface area (Å²) < 4.78 is 0. The molecule has 0 radical (unpaired) electrons. The minimum absolute atomic E-state index is 0.123. The van der Waals surface area contributed by atoms with Crippen molar-refractivity contribution >= 4 is 34.1 Å². The largest absolute Gasteiger partial charge is 0.308 e. The van der Waals surface area contributed by atoms with Gasteiger partial charge in [0.25, 0.3) is 0 Å². The van der Waals surface area contributed by atoms with Gasteiger partial charge in [-0.2, -0.15) is 0 Å². The van der Waals surface area contributed by atoms with Gasteiger partial charge in [-0.15, -0.1) is 0 Å². The molecule has 1 atom stereocenters. The molecule has 0 aliphatic heterocycles. The lowest BCUT2D eigenvalue weighted by atomic mass is 9.98. The molecule has 0 spiro atoms. The second kappa shape index (κ2) is 5.98. The van der Waals surface area contributed by atoms with E-state index in [4.69, 9.17) is 23.2 Å². The van der Waals surface area contributed by atoms with Crippen molar-refractivity contribution in [2.45, 2.75) is 6.04 Å². The van der Waals surface area contributed by atoms with E-state index in [0.29, 0.717) is 10.0 Å². The maximum absolute atomic E-state index is 6.30. The van der Waals surface area contributed by atoms with E-state index < -0.39 is 0 Å². The minimum atomic E-state index is -0.123. The number of nitrogens with zero attached hydrogens (tertiary/aromatic N) is 2. The van der Waals surface area contributed by atoms with E-state index in [9.17, 15) is 0 Å². The van der Waals surface area contributed by atoms with Crippen LogP contribution in [0.2, 0.25) is 10.0 Å². The van der Waals surface area contributed by atoms with Crippen LogP contribution in [0.1, 0.15) is 17.3 Å². The predicted molar refractivity (Wildman–Crippen MR) is 86.9 cm³/mol. The number of rotatable bonds is 3. The highest BCUT2D eigenvalue weighted by molar-refractivity contribution is 6.34. The van der Waals surface area contributed by atoms with Crippen molar-refractivity contribution < 1.29 is 0 Å². The van der Waals surface area contributed by atoms with E-state index >= 15 is 0 Å². The first-order valence-corrected chi connectivity index (χ1v) is 7.28. The van der Waals surface area contributed by atoms with Crippen LogP contribution in [0.3, 0.4) is 0 Å². The summed E-state index contributed by atoms with van der Waals surface area (Å²) in [7, 11) is 1.88. The van der Waals surface area contributed by atoms with E-state index in [2.05, 4.69) is 21.4 Å². The Bertz CT molecular complexity index is 784. The fraction of sp³-hybridized carbons (Fsp3) is 0.125. The Morgan fingerprint density at radius 1 is 1.10 bits per heavy atom. The van der Waals surface area contributed by atoms with E-state index in [-0.39, 0.29) is 6.04 Å². The first kappa shape index (κ1) is 14.3. The first-order chi connectivity index (χ1) is 10.2. The van der Waals surface area contributed by atoms with Crippen molar-refractivity contribution in [3.05, 3.63) is 70.1 Å². The molecule has 5 heteroatoms. The van der Waals surface area contributed by atoms with E-state index in [1.165, 1.54) is 0 Å². The van der Waals surface area contributed by atoms with Gasteiger partial charge >= 0.3 is 0 Å². The number of pyridine rings is 2. The van der Waals surface area contributed by atoms with Crippen LogP contribution in [0.4, 0.5) is 0 Å². The smallest absolute Gasteiger partial charge is 0.0805 e. The van der Waals surface area contributed by atoms with Crippen LogP contribution in [0.25, 0.3) is 10.9 Å². The Kier molecular flexibility index (Phi) is 4.06. The monoisotopic (exact) mass is 317 g/mol. The summed E-state index contributed by atoms with van der Waals surface area (Å²) in [6.07, 6.45) is 3.39. The molecular formula is C16H13Cl2N3. The van der Waals surface area contributed by atoms with E-state index in [0.717, 1.165) is 22.2 Å². The molecule has 0 aliphatic rings. The van der Waals surface area contributed by atoms with Crippen molar-refractivity contribution in [3.63, 3.8) is 0 Å². The predicted octanol–water partition coefficient (Wildman–Crippen LogP) is 4.25. The summed E-state index contributed by atoms with van der Waals surface area (Å²) in [6.45, 7) is 0. The number of halogens is 2. The topological polar surface area (TPSA) is 37.8 Å². The van der Waals surface area contributed by atoms with Crippen molar-refractivity contribution in [1.82, 2.24) is 15.3 Å². The molecule has 0 saturated heterocycles. The standard InChI is InChI=1S/C16H13Cl2N3/c1-19-15(16-13(18)8-10(17)9-21-16)12-4-2-6-14-11(12)5-3-7-20-14/h2-9,15,19H,1H3. The molecular weight excluding hydrogens is 305 g/mol. The molecule has 3 aromatic rings. The third kappa shape index (κ3) is 2.72. The molecule has 0 fully saturated rings. The Morgan fingerprint density at radius 2 is 1.95 bits per heavy atom. The van der Waals surface area contributed by atoms with Crippen molar-refractivity contribution in [3.8, 4) is 0 Å². The van der Waals surface area contributed by atoms with Gasteiger partial charge in [0, 0.05) is 17.8 Å². The molecule has 21 heavy (non-hydrogen) atoms. The van der Waals surface area contributed by atoms with Crippen LogP contribution in [0.15, 0.2) is 48.8 Å². The molecule has 3 nitrogen and oxygen atoms in total. The Labute approximate surface area is 132 Å². The van der Waals surface area contributed by atoms with Gasteiger partial charge in [0.15, 0.2) is 0 Å². The van der Waals surface area contributed by atoms with Gasteiger partial charge < -0.3 is 5.32 Å². The van der Waals surface area contributed by atoms with Gasteiger partial charge in [0.1, 0.15) is 0 Å². The first-order valence-electron chi connectivity index (χ1n) is 6.52. The molecule has 0 bridgehead atoms. The van der Waals surface area contributed by atoms with Gasteiger partial charge in [0.2, 0.25) is 0 Å². The lowest BCUT2D eigenvalue weighted by molar-refractivity contribution is 0.676. The van der Waals surface area contributed by atoms with Crippen LogP contribution in [-0.2, 0) is 0 Å². The normalized spacial score (nSPS) is 12.5. The van der Waals surface area contributed by atoms with Crippen molar-refractivity contribution in [2.24, 2.45) is 0 Å². The summed E-state index contributed by atoms with van der Waals surface area (Å²) in [5.41, 5.74) is 2.78. The number of hydrogen-bond acceptors (Lipinski definition) is 3. The fourth-order valence-electron chi connectivity index (χ4n) is 2.46. The van der Waals surface area contributed by atoms with Gasteiger partial charge in [-0.1, -0.05) is 41.4 Å². The summed E-state index contributed by atoms with van der Waals surface area (Å²) in [5.74, 6) is 0. The highest BCUT2D eigenvalue weighted by Crippen LogP contribution is 2.31. The Morgan fingerprint density at radius 3 is 2.71 bits per heavy atom. The second-order valence-corrected chi connectivity index (χ2v) is 5.50. The minimum Gasteiger partial charge on any atom is -0.308 e. The van der Waals surface area contributed by atoms with Crippen LogP contribution < -0.4 is 5.32 Å². The maximum atomic E-state index is 6.30. The fourth-order valence-corrected chi connectivity index (χ4v) is 2.95. The molecule has 0 saturated carbocycles. The van der Waals surface area contributed by atoms with Crippen molar-refractivity contribution in [2.75, 3.05) is 7.05 Å². The van der Waals surface area contributed by atoms with Crippen LogP contribution in [0.5, 0.6) is 0 Å². The molecule has 0 aliphatic carbocycles. The number of fused-ring (bicyclic) bond motifs is 1. The van der Waals surface area contributed by atoms with Gasteiger partial charge in [-0.3, -0.25) is 9.97 Å². The summed E-state index contributed by atoms with van der Waals surface area (Å²) in [4.78, 5) is 8.77. The van der Waals surface area contributed by atoms with Crippen LogP contribution in [-0.4, -0.2) is 17.0 Å². The zero-order valence-corrected chi connectivity index (χ0v) is 12.9.